The number of nitro benzene ring substituents is 1. The summed E-state index contributed by atoms with van der Waals surface area (Å²) < 4.78 is 0. The summed E-state index contributed by atoms with van der Waals surface area (Å²) in [6, 6.07) is 9.28. The summed E-state index contributed by atoms with van der Waals surface area (Å²) in [6.07, 6.45) is 0. The van der Waals surface area contributed by atoms with Crippen molar-refractivity contribution in [3.8, 4) is 0 Å². The molecule has 0 bridgehead atoms. The molecule has 0 saturated heterocycles. The number of benzene rings is 2. The molecule has 0 heterocycles. The standard InChI is InChI=1S/C17H18ClN3O3/c1-10-4-5-13(8-11(10)2)19-12(3)17(22)20-16-7-6-14(21(23)24)9-15(16)18/h4-9,12,19H,1-3H3,(H,20,22). The highest BCUT2D eigenvalue weighted by atomic mass is 35.5. The topological polar surface area (TPSA) is 84.3 Å². The number of aryl methyl sites for hydroxylation is 2. The smallest absolute Gasteiger partial charge is 0.271 e. The van der Waals surface area contributed by atoms with E-state index in [9.17, 15) is 14.9 Å². The van der Waals surface area contributed by atoms with E-state index in [1.807, 2.05) is 32.0 Å². The second-order valence-electron chi connectivity index (χ2n) is 5.58. The molecular weight excluding hydrogens is 330 g/mol. The lowest BCUT2D eigenvalue weighted by Gasteiger charge is -2.16. The van der Waals surface area contributed by atoms with Crippen molar-refractivity contribution in [3.05, 3.63) is 62.7 Å². The zero-order valence-corrected chi connectivity index (χ0v) is 14.3. The summed E-state index contributed by atoms with van der Waals surface area (Å²) in [7, 11) is 0. The van der Waals surface area contributed by atoms with Crippen LogP contribution in [0.4, 0.5) is 17.1 Å². The third-order valence-corrected chi connectivity index (χ3v) is 4.02. The monoisotopic (exact) mass is 347 g/mol. The number of hydrogen-bond acceptors (Lipinski definition) is 4. The molecule has 0 fully saturated rings. The summed E-state index contributed by atoms with van der Waals surface area (Å²) in [6.45, 7) is 5.75. The molecule has 2 rings (SSSR count). The molecule has 0 aromatic heterocycles. The fourth-order valence-corrected chi connectivity index (χ4v) is 2.33. The molecule has 1 amide bonds. The second-order valence-corrected chi connectivity index (χ2v) is 5.98. The van der Waals surface area contributed by atoms with E-state index in [1.54, 1.807) is 6.92 Å². The van der Waals surface area contributed by atoms with Gasteiger partial charge >= 0.3 is 0 Å². The molecule has 24 heavy (non-hydrogen) atoms. The van der Waals surface area contributed by atoms with Crippen molar-refractivity contribution in [2.45, 2.75) is 26.8 Å². The van der Waals surface area contributed by atoms with E-state index in [2.05, 4.69) is 10.6 Å². The molecule has 0 aliphatic carbocycles. The number of non-ortho nitro benzene ring substituents is 1. The molecule has 0 radical (unpaired) electrons. The van der Waals surface area contributed by atoms with E-state index in [1.165, 1.54) is 23.8 Å². The molecule has 1 atom stereocenters. The molecule has 7 heteroatoms. The maximum absolute atomic E-state index is 12.3. The fraction of sp³-hybridized carbons (Fsp3) is 0.235. The van der Waals surface area contributed by atoms with Crippen LogP contribution in [0.2, 0.25) is 5.02 Å². The van der Waals surface area contributed by atoms with E-state index < -0.39 is 11.0 Å². The Morgan fingerprint density at radius 1 is 1.17 bits per heavy atom. The van der Waals surface area contributed by atoms with Crippen LogP contribution in [0.3, 0.4) is 0 Å². The van der Waals surface area contributed by atoms with Gasteiger partial charge in [0.1, 0.15) is 6.04 Å². The molecule has 0 aliphatic rings. The molecule has 2 aromatic rings. The van der Waals surface area contributed by atoms with Crippen molar-refractivity contribution in [1.82, 2.24) is 0 Å². The highest BCUT2D eigenvalue weighted by molar-refractivity contribution is 6.34. The van der Waals surface area contributed by atoms with Crippen LogP contribution in [-0.2, 0) is 4.79 Å². The molecular formula is C17H18ClN3O3. The first-order valence-corrected chi connectivity index (χ1v) is 7.74. The molecule has 126 valence electrons. The summed E-state index contributed by atoms with van der Waals surface area (Å²) in [5.74, 6) is -0.288. The van der Waals surface area contributed by atoms with Crippen LogP contribution in [-0.4, -0.2) is 16.9 Å². The zero-order chi connectivity index (χ0) is 17.9. The Kier molecular flexibility index (Phi) is 5.41. The number of rotatable bonds is 5. The lowest BCUT2D eigenvalue weighted by molar-refractivity contribution is -0.384. The van der Waals surface area contributed by atoms with Gasteiger partial charge in [0.15, 0.2) is 0 Å². The third kappa shape index (κ3) is 4.23. The minimum Gasteiger partial charge on any atom is -0.374 e. The van der Waals surface area contributed by atoms with Crippen molar-refractivity contribution < 1.29 is 9.72 Å². The Balaban J connectivity index is 2.06. The Labute approximate surface area is 145 Å². The average Bonchev–Trinajstić information content (AvgIpc) is 2.52. The van der Waals surface area contributed by atoms with E-state index in [0.717, 1.165) is 11.3 Å². The molecule has 0 aliphatic heterocycles. The Morgan fingerprint density at radius 3 is 2.46 bits per heavy atom. The fourth-order valence-electron chi connectivity index (χ4n) is 2.11. The third-order valence-electron chi connectivity index (χ3n) is 3.70. The van der Waals surface area contributed by atoms with Crippen LogP contribution in [0.5, 0.6) is 0 Å². The summed E-state index contributed by atoms with van der Waals surface area (Å²) in [4.78, 5) is 22.4. The van der Waals surface area contributed by atoms with Crippen molar-refractivity contribution >= 4 is 34.6 Å². The van der Waals surface area contributed by atoms with Gasteiger partial charge in [0.25, 0.3) is 5.69 Å². The predicted molar refractivity (Wildman–Crippen MR) is 95.7 cm³/mol. The van der Waals surface area contributed by atoms with Gasteiger partial charge < -0.3 is 10.6 Å². The van der Waals surface area contributed by atoms with E-state index in [0.29, 0.717) is 5.69 Å². The van der Waals surface area contributed by atoms with E-state index >= 15 is 0 Å². The van der Waals surface area contributed by atoms with Crippen LogP contribution in [0.15, 0.2) is 36.4 Å². The number of carbonyl (C=O) groups is 1. The van der Waals surface area contributed by atoms with Gasteiger partial charge in [-0.15, -0.1) is 0 Å². The first-order chi connectivity index (χ1) is 11.3. The van der Waals surface area contributed by atoms with Gasteiger partial charge in [-0.05, 0) is 50.1 Å². The van der Waals surface area contributed by atoms with Crippen LogP contribution in [0, 0.1) is 24.0 Å². The summed E-state index contributed by atoms with van der Waals surface area (Å²) >= 11 is 5.98. The number of hydrogen-bond donors (Lipinski definition) is 2. The molecule has 0 saturated carbocycles. The maximum atomic E-state index is 12.3. The van der Waals surface area contributed by atoms with Crippen molar-refractivity contribution in [2.75, 3.05) is 10.6 Å². The number of nitrogens with one attached hydrogen (secondary N) is 2. The number of amides is 1. The summed E-state index contributed by atoms with van der Waals surface area (Å²) in [5.41, 5.74) is 3.36. The first kappa shape index (κ1) is 17.7. The second kappa shape index (κ2) is 7.31. The number of nitro groups is 1. The van der Waals surface area contributed by atoms with Crippen LogP contribution >= 0.6 is 11.6 Å². The molecule has 2 aromatic carbocycles. The quantitative estimate of drug-likeness (QED) is 0.623. The number of halogens is 1. The van der Waals surface area contributed by atoms with Gasteiger partial charge in [-0.1, -0.05) is 17.7 Å². The van der Waals surface area contributed by atoms with Gasteiger partial charge in [0.05, 0.1) is 15.6 Å². The average molecular weight is 348 g/mol. The zero-order valence-electron chi connectivity index (χ0n) is 13.6. The lowest BCUT2D eigenvalue weighted by Crippen LogP contribution is -2.32. The Bertz CT molecular complexity index is 793. The van der Waals surface area contributed by atoms with E-state index in [4.69, 9.17) is 11.6 Å². The van der Waals surface area contributed by atoms with Crippen molar-refractivity contribution in [3.63, 3.8) is 0 Å². The van der Waals surface area contributed by atoms with Gasteiger partial charge in [-0.3, -0.25) is 14.9 Å². The maximum Gasteiger partial charge on any atom is 0.271 e. The first-order valence-electron chi connectivity index (χ1n) is 7.36. The highest BCUT2D eigenvalue weighted by Crippen LogP contribution is 2.26. The van der Waals surface area contributed by atoms with Crippen LogP contribution in [0.1, 0.15) is 18.1 Å². The predicted octanol–water partition coefficient (Wildman–Crippen LogP) is 4.30. The minimum absolute atomic E-state index is 0.121. The minimum atomic E-state index is -0.540. The van der Waals surface area contributed by atoms with Crippen molar-refractivity contribution in [1.29, 1.82) is 0 Å². The van der Waals surface area contributed by atoms with Gasteiger partial charge in [-0.2, -0.15) is 0 Å². The van der Waals surface area contributed by atoms with E-state index in [-0.39, 0.29) is 16.6 Å². The number of nitrogens with zero attached hydrogens (tertiary/aromatic N) is 1. The van der Waals surface area contributed by atoms with Crippen molar-refractivity contribution in [2.24, 2.45) is 0 Å². The molecule has 2 N–H and O–H groups in total. The largest absolute Gasteiger partial charge is 0.374 e. The highest BCUT2D eigenvalue weighted by Gasteiger charge is 2.16. The SMILES string of the molecule is Cc1ccc(NC(C)C(=O)Nc2ccc([N+](=O)[O-])cc2Cl)cc1C. The molecule has 1 unspecified atom stereocenters. The van der Waals surface area contributed by atoms with Gasteiger partial charge in [-0.25, -0.2) is 0 Å². The molecule has 6 nitrogen and oxygen atoms in total. The molecule has 0 spiro atoms. The normalized spacial score (nSPS) is 11.7. The lowest BCUT2D eigenvalue weighted by atomic mass is 10.1. The number of carbonyl (C=O) groups excluding carboxylic acids is 1. The summed E-state index contributed by atoms with van der Waals surface area (Å²) in [5, 5.41) is 16.6. The van der Waals surface area contributed by atoms with Gasteiger partial charge in [0, 0.05) is 17.8 Å². The Hall–Kier alpha value is -2.60. The number of anilines is 2. The van der Waals surface area contributed by atoms with Crippen LogP contribution in [0.25, 0.3) is 0 Å². The Morgan fingerprint density at radius 2 is 1.88 bits per heavy atom. The van der Waals surface area contributed by atoms with Crippen LogP contribution < -0.4 is 10.6 Å². The van der Waals surface area contributed by atoms with Gasteiger partial charge in [0.2, 0.25) is 5.91 Å².